The quantitative estimate of drug-likeness (QED) is 0.250. The van der Waals surface area contributed by atoms with Gasteiger partial charge in [-0.25, -0.2) is 19.8 Å². The number of rotatable bonds is 6. The molecule has 0 aliphatic carbocycles. The minimum atomic E-state index is -0.447. The third-order valence-corrected chi connectivity index (χ3v) is 8.14. The van der Waals surface area contributed by atoms with E-state index in [1.165, 1.54) is 23.1 Å². The molecule has 0 radical (unpaired) electrons. The van der Waals surface area contributed by atoms with Crippen LogP contribution in [0.15, 0.2) is 46.2 Å². The molecule has 168 valence electrons. The molecule has 5 rings (SSSR count). The van der Waals surface area contributed by atoms with Crippen LogP contribution in [0.4, 0.5) is 11.5 Å². The summed E-state index contributed by atoms with van der Waals surface area (Å²) in [6, 6.07) is 9.80. The molecule has 1 aromatic carbocycles. The molecule has 0 amide bonds. The van der Waals surface area contributed by atoms with Crippen LogP contribution < -0.4 is 4.90 Å². The minimum Gasteiger partial charge on any atom is -0.389 e. The Morgan fingerprint density at radius 3 is 2.68 bits per heavy atom. The summed E-state index contributed by atoms with van der Waals surface area (Å²) in [5.74, 6) is 0.995. The molecule has 1 saturated heterocycles. The number of anilines is 1. The lowest BCUT2D eigenvalue weighted by molar-refractivity contribution is 0.141. The van der Waals surface area contributed by atoms with Gasteiger partial charge in [0.1, 0.15) is 26.9 Å². The Morgan fingerprint density at radius 1 is 1.24 bits per heavy atom. The van der Waals surface area contributed by atoms with Crippen molar-refractivity contribution in [2.45, 2.75) is 16.9 Å². The minimum absolute atomic E-state index is 0.293. The molecule has 0 saturated carbocycles. The predicted molar refractivity (Wildman–Crippen MR) is 137 cm³/mol. The summed E-state index contributed by atoms with van der Waals surface area (Å²) in [5, 5.41) is 26.3. The highest BCUT2D eigenvalue weighted by atomic mass is 35.5. The number of aromatic nitrogens is 3. The number of pyridine rings is 1. The van der Waals surface area contributed by atoms with Gasteiger partial charge in [0.05, 0.1) is 23.9 Å². The normalized spacial score (nSPS) is 13.4. The van der Waals surface area contributed by atoms with Crippen molar-refractivity contribution in [3.8, 4) is 27.2 Å². The number of halogens is 1. The van der Waals surface area contributed by atoms with Crippen molar-refractivity contribution >= 4 is 57.5 Å². The summed E-state index contributed by atoms with van der Waals surface area (Å²) in [7, 11) is 0. The standard InChI is InChI=1S/C23H15ClN6OS3/c1-26-19-18(23-27-6-7-32-23)17(8-25)22(29-20(19)30-9-16(31)10-30)34-12-15-11-33-21(28-15)13-2-4-14(24)5-3-13/h2-7,11,16,31H,9-10,12H2. The van der Waals surface area contributed by atoms with Gasteiger partial charge in [0.2, 0.25) is 5.69 Å². The number of hydrogen-bond acceptors (Lipinski definition) is 9. The molecule has 11 heteroatoms. The lowest BCUT2D eigenvalue weighted by Gasteiger charge is -2.38. The van der Waals surface area contributed by atoms with E-state index in [-0.39, 0.29) is 0 Å². The Kier molecular flexibility index (Phi) is 6.50. The zero-order valence-electron chi connectivity index (χ0n) is 17.5. The van der Waals surface area contributed by atoms with Gasteiger partial charge in [0.25, 0.3) is 0 Å². The molecule has 0 unspecified atom stereocenters. The van der Waals surface area contributed by atoms with Crippen molar-refractivity contribution in [1.29, 1.82) is 5.26 Å². The molecule has 0 bridgehead atoms. The highest BCUT2D eigenvalue weighted by Gasteiger charge is 2.32. The van der Waals surface area contributed by atoms with Gasteiger partial charge in [-0.1, -0.05) is 35.5 Å². The van der Waals surface area contributed by atoms with Crippen LogP contribution in [0, 0.1) is 17.9 Å². The van der Waals surface area contributed by atoms with E-state index < -0.39 is 6.10 Å². The van der Waals surface area contributed by atoms with Crippen LogP contribution in [0.3, 0.4) is 0 Å². The average molecular weight is 523 g/mol. The summed E-state index contributed by atoms with van der Waals surface area (Å²) < 4.78 is 0. The molecular weight excluding hydrogens is 508 g/mol. The fraction of sp³-hybridized carbons (Fsp3) is 0.174. The molecule has 1 aliphatic rings. The van der Waals surface area contributed by atoms with Crippen LogP contribution in [0.5, 0.6) is 0 Å². The number of hydrogen-bond donors (Lipinski definition) is 1. The van der Waals surface area contributed by atoms with Crippen molar-refractivity contribution in [3.05, 3.63) is 68.9 Å². The van der Waals surface area contributed by atoms with Crippen LogP contribution >= 0.6 is 46.0 Å². The molecule has 4 heterocycles. The maximum absolute atomic E-state index is 10.0. The third kappa shape index (κ3) is 4.39. The van der Waals surface area contributed by atoms with Crippen molar-refractivity contribution in [2.24, 2.45) is 0 Å². The zero-order chi connectivity index (χ0) is 23.7. The molecule has 4 aromatic rings. The molecule has 0 spiro atoms. The first-order valence-electron chi connectivity index (χ1n) is 10.1. The van der Waals surface area contributed by atoms with Crippen molar-refractivity contribution in [1.82, 2.24) is 15.0 Å². The van der Waals surface area contributed by atoms with Crippen LogP contribution in [0.1, 0.15) is 11.3 Å². The Balaban J connectivity index is 1.50. The van der Waals surface area contributed by atoms with Gasteiger partial charge >= 0.3 is 0 Å². The Labute approximate surface area is 213 Å². The number of benzene rings is 1. The van der Waals surface area contributed by atoms with Crippen molar-refractivity contribution in [3.63, 3.8) is 0 Å². The van der Waals surface area contributed by atoms with E-state index >= 15 is 0 Å². The molecule has 0 atom stereocenters. The number of aliphatic hydroxyl groups is 1. The Morgan fingerprint density at radius 2 is 2.03 bits per heavy atom. The third-order valence-electron chi connectivity index (χ3n) is 5.15. The van der Waals surface area contributed by atoms with E-state index in [1.807, 2.05) is 39.9 Å². The second kappa shape index (κ2) is 9.71. The molecule has 1 fully saturated rings. The van der Waals surface area contributed by atoms with E-state index in [1.54, 1.807) is 17.5 Å². The SMILES string of the molecule is [C-]#[N+]c1c(N2CC(O)C2)nc(SCc2csc(-c3ccc(Cl)cc3)n2)c(C#N)c1-c1nccs1. The van der Waals surface area contributed by atoms with Crippen molar-refractivity contribution < 1.29 is 5.11 Å². The number of nitriles is 1. The van der Waals surface area contributed by atoms with Crippen molar-refractivity contribution in [2.75, 3.05) is 18.0 Å². The fourth-order valence-electron chi connectivity index (χ4n) is 3.50. The van der Waals surface area contributed by atoms with Gasteiger partial charge in [-0.2, -0.15) is 5.26 Å². The van der Waals surface area contributed by atoms with E-state index in [2.05, 4.69) is 15.9 Å². The van der Waals surface area contributed by atoms with Crippen LogP contribution in [-0.2, 0) is 5.75 Å². The second-order valence-electron chi connectivity index (χ2n) is 7.40. The number of thiazole rings is 2. The smallest absolute Gasteiger partial charge is 0.239 e. The summed E-state index contributed by atoms with van der Waals surface area (Å²) in [6.45, 7) is 8.59. The monoisotopic (exact) mass is 522 g/mol. The Bertz CT molecular complexity index is 1420. The first-order valence-corrected chi connectivity index (χ1v) is 13.2. The molecule has 1 aliphatic heterocycles. The van der Waals surface area contributed by atoms with Gasteiger partial charge in [-0.15, -0.1) is 22.7 Å². The van der Waals surface area contributed by atoms with Gasteiger partial charge in [0.15, 0.2) is 0 Å². The highest BCUT2D eigenvalue weighted by Crippen LogP contribution is 2.45. The molecule has 34 heavy (non-hydrogen) atoms. The summed E-state index contributed by atoms with van der Waals surface area (Å²) in [5.41, 5.74) is 3.00. The van der Waals surface area contributed by atoms with Gasteiger partial charge in [-0.3, -0.25) is 0 Å². The molecule has 7 nitrogen and oxygen atoms in total. The number of nitrogens with zero attached hydrogens (tertiary/aromatic N) is 6. The lowest BCUT2D eigenvalue weighted by atomic mass is 10.1. The van der Waals surface area contributed by atoms with E-state index in [0.717, 1.165) is 16.3 Å². The largest absolute Gasteiger partial charge is 0.389 e. The highest BCUT2D eigenvalue weighted by molar-refractivity contribution is 7.98. The van der Waals surface area contributed by atoms with Gasteiger partial charge in [0, 0.05) is 51.9 Å². The van der Waals surface area contributed by atoms with Crippen LogP contribution in [0.25, 0.3) is 26.0 Å². The fourth-order valence-corrected chi connectivity index (χ4v) is 6.12. The van der Waals surface area contributed by atoms with Crippen LogP contribution in [0.2, 0.25) is 5.02 Å². The number of β-amino-alcohol motifs (C(OH)–C–C–N with tert-alkyl or cyclic N) is 1. The van der Waals surface area contributed by atoms with Gasteiger partial charge < -0.3 is 10.0 Å². The lowest BCUT2D eigenvalue weighted by Crippen LogP contribution is -2.51. The van der Waals surface area contributed by atoms with Crippen LogP contribution in [-0.4, -0.2) is 39.3 Å². The average Bonchev–Trinajstić information content (AvgIpc) is 3.52. The molecule has 1 N–H and O–H groups in total. The Hall–Kier alpha value is -2.99. The first-order chi connectivity index (χ1) is 16.6. The van der Waals surface area contributed by atoms with E-state index in [9.17, 15) is 10.4 Å². The van der Waals surface area contributed by atoms with E-state index in [4.69, 9.17) is 28.1 Å². The topological polar surface area (TPSA) is 90.3 Å². The molecule has 3 aromatic heterocycles. The number of thioether (sulfide) groups is 1. The zero-order valence-corrected chi connectivity index (χ0v) is 20.7. The molecular formula is C23H15ClN6OS3. The maximum atomic E-state index is 10.0. The van der Waals surface area contributed by atoms with Gasteiger partial charge in [-0.05, 0) is 12.1 Å². The first kappa shape index (κ1) is 22.8. The van der Waals surface area contributed by atoms with E-state index in [0.29, 0.717) is 56.5 Å². The predicted octanol–water partition coefficient (Wildman–Crippen LogP) is 5.88. The number of aliphatic hydroxyl groups excluding tert-OH is 1. The maximum Gasteiger partial charge on any atom is 0.239 e. The summed E-state index contributed by atoms with van der Waals surface area (Å²) in [4.78, 5) is 19.4. The summed E-state index contributed by atoms with van der Waals surface area (Å²) in [6.07, 6.45) is 1.21. The summed E-state index contributed by atoms with van der Waals surface area (Å²) >= 11 is 10.3. The second-order valence-corrected chi connectivity index (χ2v) is 10.6.